The lowest BCUT2D eigenvalue weighted by atomic mass is 9.56. The molecule has 1 aromatic carbocycles. The average Bonchev–Trinajstić information content (AvgIpc) is 2.80. The van der Waals surface area contributed by atoms with Gasteiger partial charge in [-0.15, -0.1) is 0 Å². The molecule has 0 amide bonds. The van der Waals surface area contributed by atoms with E-state index < -0.39 is 0 Å². The van der Waals surface area contributed by atoms with Crippen LogP contribution in [-0.2, 0) is 6.42 Å². The highest BCUT2D eigenvalue weighted by Crippen LogP contribution is 2.60. The summed E-state index contributed by atoms with van der Waals surface area (Å²) in [5.41, 5.74) is 4.07. The van der Waals surface area contributed by atoms with Crippen LogP contribution < -0.4 is 0 Å². The van der Waals surface area contributed by atoms with E-state index in [1.54, 1.807) is 11.1 Å². The molecule has 3 aliphatic carbocycles. The summed E-state index contributed by atoms with van der Waals surface area (Å²) in [6.07, 6.45) is 10.2. The first kappa shape index (κ1) is 11.1. The Kier molecular flexibility index (Phi) is 2.37. The third kappa shape index (κ3) is 1.44. The predicted molar refractivity (Wildman–Crippen MR) is 75.7 cm³/mol. The van der Waals surface area contributed by atoms with Gasteiger partial charge in [-0.3, -0.25) is 0 Å². The third-order valence-electron chi connectivity index (χ3n) is 6.42. The number of hydrogen-bond donors (Lipinski definition) is 0. The van der Waals surface area contributed by atoms with E-state index in [-0.39, 0.29) is 0 Å². The topological polar surface area (TPSA) is 0 Å². The van der Waals surface area contributed by atoms with Gasteiger partial charge in [-0.2, -0.15) is 0 Å². The molecule has 0 spiro atoms. The van der Waals surface area contributed by atoms with Crippen molar-refractivity contribution in [3.8, 4) is 0 Å². The molecule has 0 N–H and O–H groups in total. The minimum atomic E-state index is 0.702. The third-order valence-corrected chi connectivity index (χ3v) is 6.42. The van der Waals surface area contributed by atoms with Crippen molar-refractivity contribution in [1.29, 1.82) is 0 Å². The lowest BCUT2D eigenvalue weighted by Crippen LogP contribution is -2.39. The summed E-state index contributed by atoms with van der Waals surface area (Å²) in [5, 5.41) is 0. The summed E-state index contributed by atoms with van der Waals surface area (Å²) in [4.78, 5) is 0. The summed E-state index contributed by atoms with van der Waals surface area (Å²) in [6.45, 7) is 2.58. The van der Waals surface area contributed by atoms with Crippen LogP contribution in [0, 0.1) is 17.3 Å². The molecule has 0 aliphatic heterocycles. The van der Waals surface area contributed by atoms with Gasteiger partial charge < -0.3 is 0 Å². The average molecular weight is 240 g/mol. The quantitative estimate of drug-likeness (QED) is 0.603. The van der Waals surface area contributed by atoms with Crippen LogP contribution in [0.25, 0.3) is 0 Å². The molecular formula is C18H24. The molecular weight excluding hydrogens is 216 g/mol. The summed E-state index contributed by atoms with van der Waals surface area (Å²) in [7, 11) is 0. The Bertz CT molecular complexity index is 461. The van der Waals surface area contributed by atoms with Crippen LogP contribution in [0.3, 0.4) is 0 Å². The van der Waals surface area contributed by atoms with E-state index >= 15 is 0 Å². The molecule has 4 rings (SSSR count). The molecule has 0 radical (unpaired) electrons. The van der Waals surface area contributed by atoms with E-state index in [0.717, 1.165) is 17.8 Å². The molecule has 0 saturated heterocycles. The SMILES string of the molecule is C[C@@]12CCC[C@H]1[C@H]1CCc3ccccc3[C@H]1CC2. The van der Waals surface area contributed by atoms with Gasteiger partial charge in [0, 0.05) is 0 Å². The number of hydrogen-bond acceptors (Lipinski definition) is 0. The van der Waals surface area contributed by atoms with Gasteiger partial charge in [0.25, 0.3) is 0 Å². The normalized spacial score (nSPS) is 41.9. The van der Waals surface area contributed by atoms with Gasteiger partial charge in [-0.25, -0.2) is 0 Å². The van der Waals surface area contributed by atoms with Crippen molar-refractivity contribution < 1.29 is 0 Å². The molecule has 0 heterocycles. The standard InChI is InChI=1S/C18H24/c1-18-11-4-7-17(18)16-9-8-13-5-2-3-6-14(13)15(16)10-12-18/h2-3,5-6,15-17H,4,7-12H2,1H3/t15-,16+,17+,18+/m1/s1. The molecule has 2 fully saturated rings. The lowest BCUT2D eigenvalue weighted by Gasteiger charge is -2.49. The first-order valence-electron chi connectivity index (χ1n) is 7.86. The molecule has 0 heteroatoms. The van der Waals surface area contributed by atoms with Crippen LogP contribution in [0.1, 0.15) is 62.5 Å². The first-order valence-corrected chi connectivity index (χ1v) is 7.86. The minimum absolute atomic E-state index is 0.702. The highest BCUT2D eigenvalue weighted by Gasteiger charge is 2.49. The van der Waals surface area contributed by atoms with Crippen molar-refractivity contribution in [3.63, 3.8) is 0 Å². The van der Waals surface area contributed by atoms with Crippen molar-refractivity contribution in [2.75, 3.05) is 0 Å². The van der Waals surface area contributed by atoms with Gasteiger partial charge in [0.15, 0.2) is 0 Å². The number of aryl methyl sites for hydroxylation is 1. The van der Waals surface area contributed by atoms with Gasteiger partial charge in [-0.05, 0) is 72.8 Å². The van der Waals surface area contributed by atoms with Crippen LogP contribution >= 0.6 is 0 Å². The second-order valence-electron chi connectivity index (χ2n) is 7.20. The smallest absolute Gasteiger partial charge is 0.0128 e. The Hall–Kier alpha value is -0.780. The summed E-state index contributed by atoms with van der Waals surface area (Å²) in [5.74, 6) is 2.93. The number of rotatable bonds is 0. The minimum Gasteiger partial charge on any atom is -0.0620 e. The maximum absolute atomic E-state index is 2.58. The van der Waals surface area contributed by atoms with E-state index in [1.807, 2.05) is 0 Å². The molecule has 0 unspecified atom stereocenters. The van der Waals surface area contributed by atoms with Crippen LogP contribution in [0.2, 0.25) is 0 Å². The van der Waals surface area contributed by atoms with Crippen molar-refractivity contribution in [2.45, 2.75) is 57.8 Å². The maximum atomic E-state index is 2.58. The fourth-order valence-electron chi connectivity index (χ4n) is 5.51. The van der Waals surface area contributed by atoms with E-state index in [0.29, 0.717) is 5.41 Å². The molecule has 18 heavy (non-hydrogen) atoms. The van der Waals surface area contributed by atoms with Crippen LogP contribution in [0.15, 0.2) is 24.3 Å². The van der Waals surface area contributed by atoms with Gasteiger partial charge in [0.2, 0.25) is 0 Å². The number of fused-ring (bicyclic) bond motifs is 5. The lowest BCUT2D eigenvalue weighted by molar-refractivity contribution is 0.0598. The molecule has 1 aromatic rings. The van der Waals surface area contributed by atoms with E-state index in [2.05, 4.69) is 31.2 Å². The van der Waals surface area contributed by atoms with Crippen molar-refractivity contribution in [1.82, 2.24) is 0 Å². The molecule has 0 nitrogen and oxygen atoms in total. The Labute approximate surface area is 111 Å². The Morgan fingerprint density at radius 1 is 1.06 bits per heavy atom. The number of benzene rings is 1. The summed E-state index contributed by atoms with van der Waals surface area (Å²) >= 11 is 0. The summed E-state index contributed by atoms with van der Waals surface area (Å²) in [6, 6.07) is 9.27. The molecule has 96 valence electrons. The highest BCUT2D eigenvalue weighted by atomic mass is 14.5. The molecule has 0 aromatic heterocycles. The van der Waals surface area contributed by atoms with Gasteiger partial charge in [0.1, 0.15) is 0 Å². The van der Waals surface area contributed by atoms with Crippen LogP contribution in [-0.4, -0.2) is 0 Å². The molecule has 0 bridgehead atoms. The Morgan fingerprint density at radius 2 is 1.94 bits per heavy atom. The zero-order valence-corrected chi connectivity index (χ0v) is 11.5. The second kappa shape index (κ2) is 3.85. The largest absolute Gasteiger partial charge is 0.0620 e. The molecule has 2 saturated carbocycles. The van der Waals surface area contributed by atoms with Crippen molar-refractivity contribution in [2.24, 2.45) is 17.3 Å². The fourth-order valence-corrected chi connectivity index (χ4v) is 5.51. The Balaban J connectivity index is 1.73. The first-order chi connectivity index (χ1) is 8.78. The highest BCUT2D eigenvalue weighted by molar-refractivity contribution is 5.34. The maximum Gasteiger partial charge on any atom is -0.0128 e. The van der Waals surface area contributed by atoms with Gasteiger partial charge in [-0.1, -0.05) is 37.6 Å². The molecule has 3 aliphatic rings. The molecule has 4 atom stereocenters. The van der Waals surface area contributed by atoms with Crippen molar-refractivity contribution >= 4 is 0 Å². The zero-order valence-electron chi connectivity index (χ0n) is 11.5. The second-order valence-corrected chi connectivity index (χ2v) is 7.20. The Morgan fingerprint density at radius 3 is 2.89 bits per heavy atom. The van der Waals surface area contributed by atoms with Gasteiger partial charge >= 0.3 is 0 Å². The van der Waals surface area contributed by atoms with E-state index in [9.17, 15) is 0 Å². The predicted octanol–water partition coefficient (Wildman–Crippen LogP) is 4.93. The van der Waals surface area contributed by atoms with E-state index in [1.165, 1.54) is 44.9 Å². The van der Waals surface area contributed by atoms with Gasteiger partial charge in [0.05, 0.1) is 0 Å². The fraction of sp³-hybridized carbons (Fsp3) is 0.667. The van der Waals surface area contributed by atoms with Crippen molar-refractivity contribution in [3.05, 3.63) is 35.4 Å². The van der Waals surface area contributed by atoms with Crippen LogP contribution in [0.4, 0.5) is 0 Å². The zero-order chi connectivity index (χ0) is 12.2. The monoisotopic (exact) mass is 240 g/mol. The van der Waals surface area contributed by atoms with Crippen LogP contribution in [0.5, 0.6) is 0 Å². The summed E-state index contributed by atoms with van der Waals surface area (Å²) < 4.78 is 0. The van der Waals surface area contributed by atoms with E-state index in [4.69, 9.17) is 0 Å².